The predicted octanol–water partition coefficient (Wildman–Crippen LogP) is 2.82. The summed E-state index contributed by atoms with van der Waals surface area (Å²) in [7, 11) is 0. The normalized spacial score (nSPS) is 14.7. The monoisotopic (exact) mass is 344 g/mol. The minimum absolute atomic E-state index is 0.226. The molecule has 2 aromatic rings. The molecule has 2 heterocycles. The lowest BCUT2D eigenvalue weighted by atomic mass is 10.2. The third-order valence-electron chi connectivity index (χ3n) is 2.79. The fourth-order valence-corrected chi connectivity index (χ4v) is 2.88. The van der Waals surface area contributed by atoms with Crippen LogP contribution in [0.15, 0.2) is 24.3 Å². The van der Waals surface area contributed by atoms with Crippen molar-refractivity contribution < 1.29 is 9.13 Å². The summed E-state index contributed by atoms with van der Waals surface area (Å²) < 4.78 is 21.5. The molecule has 0 aliphatic carbocycles. The highest BCUT2D eigenvalue weighted by Crippen LogP contribution is 2.27. The number of hydrogen-bond donors (Lipinski definition) is 0. The van der Waals surface area contributed by atoms with E-state index in [1.807, 2.05) is 0 Å². The Labute approximate surface area is 112 Å². The van der Waals surface area contributed by atoms with Gasteiger partial charge in [0, 0.05) is 12.1 Å². The predicted molar refractivity (Wildman–Crippen MR) is 70.0 cm³/mol. The Kier molecular flexibility index (Phi) is 2.87. The second kappa shape index (κ2) is 4.38. The zero-order valence-electron chi connectivity index (χ0n) is 8.99. The van der Waals surface area contributed by atoms with Gasteiger partial charge < -0.3 is 9.30 Å². The molecule has 5 heteroatoms. The van der Waals surface area contributed by atoms with E-state index in [-0.39, 0.29) is 5.82 Å². The van der Waals surface area contributed by atoms with E-state index in [2.05, 4.69) is 32.1 Å². The number of halogens is 2. The van der Waals surface area contributed by atoms with Crippen LogP contribution >= 0.6 is 22.6 Å². The van der Waals surface area contributed by atoms with Gasteiger partial charge in [0.2, 0.25) is 0 Å². The van der Waals surface area contributed by atoms with Crippen LogP contribution in [0, 0.1) is 9.52 Å². The summed E-state index contributed by atoms with van der Waals surface area (Å²) >= 11 is 2.28. The van der Waals surface area contributed by atoms with E-state index in [0.29, 0.717) is 6.61 Å². The van der Waals surface area contributed by atoms with Crippen molar-refractivity contribution in [3.05, 3.63) is 39.6 Å². The van der Waals surface area contributed by atoms with E-state index >= 15 is 0 Å². The van der Waals surface area contributed by atoms with Crippen molar-refractivity contribution in [2.24, 2.45) is 0 Å². The van der Waals surface area contributed by atoms with Crippen LogP contribution < -0.4 is 0 Å². The summed E-state index contributed by atoms with van der Waals surface area (Å²) in [5.74, 6) is 0.719. The summed E-state index contributed by atoms with van der Waals surface area (Å²) in [6.45, 7) is 2.11. The van der Waals surface area contributed by atoms with Crippen molar-refractivity contribution in [3.63, 3.8) is 0 Å². The van der Waals surface area contributed by atoms with Crippen LogP contribution in [0.3, 0.4) is 0 Å². The Morgan fingerprint density at radius 1 is 1.29 bits per heavy atom. The Hall–Kier alpha value is -0.950. The zero-order valence-corrected chi connectivity index (χ0v) is 11.1. The van der Waals surface area contributed by atoms with Crippen LogP contribution in [0.25, 0.3) is 11.3 Å². The van der Waals surface area contributed by atoms with Gasteiger partial charge in [-0.05, 0) is 46.9 Å². The molecule has 0 fully saturated rings. The van der Waals surface area contributed by atoms with Gasteiger partial charge in [0.1, 0.15) is 27.6 Å². The molecule has 17 heavy (non-hydrogen) atoms. The molecule has 0 saturated heterocycles. The number of aromatic nitrogens is 2. The first kappa shape index (κ1) is 11.2. The maximum Gasteiger partial charge on any atom is 0.136 e. The van der Waals surface area contributed by atoms with Crippen molar-refractivity contribution in [1.82, 2.24) is 9.55 Å². The van der Waals surface area contributed by atoms with Crippen LogP contribution in [0.2, 0.25) is 0 Å². The zero-order chi connectivity index (χ0) is 11.8. The topological polar surface area (TPSA) is 27.1 Å². The van der Waals surface area contributed by atoms with Crippen molar-refractivity contribution in [2.75, 3.05) is 6.61 Å². The van der Waals surface area contributed by atoms with Crippen LogP contribution in [0.4, 0.5) is 4.39 Å². The SMILES string of the molecule is Fc1ccc(-c2nc3n(c2I)CCOC3)cc1. The van der Waals surface area contributed by atoms with Crippen LogP contribution in [-0.2, 0) is 17.9 Å². The van der Waals surface area contributed by atoms with E-state index in [9.17, 15) is 4.39 Å². The number of nitrogens with zero attached hydrogens (tertiary/aromatic N) is 2. The van der Waals surface area contributed by atoms with Crippen LogP contribution in [-0.4, -0.2) is 16.2 Å². The van der Waals surface area contributed by atoms with Crippen LogP contribution in [0.1, 0.15) is 5.82 Å². The molecule has 0 unspecified atom stereocenters. The fourth-order valence-electron chi connectivity index (χ4n) is 1.92. The largest absolute Gasteiger partial charge is 0.372 e. The number of ether oxygens (including phenoxy) is 1. The maximum absolute atomic E-state index is 12.9. The van der Waals surface area contributed by atoms with Crippen molar-refractivity contribution in [2.45, 2.75) is 13.2 Å². The molecular formula is C12H10FIN2O. The molecule has 0 saturated carbocycles. The second-order valence-electron chi connectivity index (χ2n) is 3.88. The van der Waals surface area contributed by atoms with Crippen molar-refractivity contribution in [1.29, 1.82) is 0 Å². The summed E-state index contributed by atoms with van der Waals surface area (Å²) in [6, 6.07) is 6.43. The Morgan fingerprint density at radius 3 is 2.76 bits per heavy atom. The number of imidazole rings is 1. The first-order valence-electron chi connectivity index (χ1n) is 5.34. The standard InChI is InChI=1S/C12H10FIN2O/c13-9-3-1-8(2-4-9)11-12(14)16-5-6-17-7-10(16)15-11/h1-4H,5-7H2. The Balaban J connectivity index is 2.09. The van der Waals surface area contributed by atoms with Gasteiger partial charge in [0.25, 0.3) is 0 Å². The van der Waals surface area contributed by atoms with Gasteiger partial charge in [0.15, 0.2) is 0 Å². The molecule has 0 atom stereocenters. The third-order valence-corrected chi connectivity index (χ3v) is 3.89. The highest BCUT2D eigenvalue weighted by molar-refractivity contribution is 14.1. The average molecular weight is 344 g/mol. The molecule has 0 radical (unpaired) electrons. The van der Waals surface area contributed by atoms with Gasteiger partial charge >= 0.3 is 0 Å². The highest BCUT2D eigenvalue weighted by Gasteiger charge is 2.19. The van der Waals surface area contributed by atoms with Gasteiger partial charge in [-0.3, -0.25) is 0 Å². The third kappa shape index (κ3) is 1.97. The number of benzene rings is 1. The van der Waals surface area contributed by atoms with E-state index in [1.165, 1.54) is 12.1 Å². The van der Waals surface area contributed by atoms with E-state index in [1.54, 1.807) is 12.1 Å². The van der Waals surface area contributed by atoms with Gasteiger partial charge in [-0.25, -0.2) is 9.37 Å². The highest BCUT2D eigenvalue weighted by atomic mass is 127. The van der Waals surface area contributed by atoms with Crippen molar-refractivity contribution >= 4 is 22.6 Å². The fraction of sp³-hybridized carbons (Fsp3) is 0.250. The van der Waals surface area contributed by atoms with E-state index in [0.717, 1.165) is 33.9 Å². The summed E-state index contributed by atoms with van der Waals surface area (Å²) in [5, 5.41) is 0. The van der Waals surface area contributed by atoms with E-state index < -0.39 is 0 Å². The van der Waals surface area contributed by atoms with Gasteiger partial charge in [-0.15, -0.1) is 0 Å². The van der Waals surface area contributed by atoms with E-state index in [4.69, 9.17) is 4.74 Å². The molecule has 0 bridgehead atoms. The molecule has 1 aromatic heterocycles. The summed E-state index contributed by atoms with van der Waals surface area (Å²) in [5.41, 5.74) is 1.85. The molecular weight excluding hydrogens is 334 g/mol. The van der Waals surface area contributed by atoms with Gasteiger partial charge in [0.05, 0.1) is 6.61 Å². The van der Waals surface area contributed by atoms with Crippen LogP contribution in [0.5, 0.6) is 0 Å². The summed E-state index contributed by atoms with van der Waals surface area (Å²) in [6.07, 6.45) is 0. The van der Waals surface area contributed by atoms with Gasteiger partial charge in [-0.1, -0.05) is 0 Å². The first-order chi connectivity index (χ1) is 8.25. The number of rotatable bonds is 1. The lowest BCUT2D eigenvalue weighted by molar-refractivity contribution is 0.0808. The maximum atomic E-state index is 12.9. The molecule has 3 rings (SSSR count). The van der Waals surface area contributed by atoms with Crippen molar-refractivity contribution in [3.8, 4) is 11.3 Å². The lowest BCUT2D eigenvalue weighted by Crippen LogP contribution is -2.17. The molecule has 0 N–H and O–H groups in total. The molecule has 0 spiro atoms. The minimum Gasteiger partial charge on any atom is -0.372 e. The quantitative estimate of drug-likeness (QED) is 0.744. The smallest absolute Gasteiger partial charge is 0.136 e. The Bertz CT molecular complexity index is 550. The Morgan fingerprint density at radius 2 is 2.06 bits per heavy atom. The first-order valence-corrected chi connectivity index (χ1v) is 6.42. The second-order valence-corrected chi connectivity index (χ2v) is 4.90. The molecule has 3 nitrogen and oxygen atoms in total. The molecule has 88 valence electrons. The molecule has 1 aliphatic rings. The molecule has 1 aromatic carbocycles. The molecule has 1 aliphatic heterocycles. The lowest BCUT2D eigenvalue weighted by Gasteiger charge is -2.14. The average Bonchev–Trinajstić information content (AvgIpc) is 2.69. The minimum atomic E-state index is -0.226. The summed E-state index contributed by atoms with van der Waals surface area (Å²) in [4.78, 5) is 4.56. The number of hydrogen-bond acceptors (Lipinski definition) is 2. The molecule has 0 amide bonds. The number of fused-ring (bicyclic) bond motifs is 1. The van der Waals surface area contributed by atoms with Gasteiger partial charge in [-0.2, -0.15) is 0 Å².